The van der Waals surface area contributed by atoms with Gasteiger partial charge >= 0.3 is 12.1 Å². The molecule has 0 saturated carbocycles. The van der Waals surface area contributed by atoms with Crippen LogP contribution in [0.25, 0.3) is 0 Å². The van der Waals surface area contributed by atoms with Gasteiger partial charge in [-0.3, -0.25) is 0 Å². The van der Waals surface area contributed by atoms with Crippen molar-refractivity contribution in [2.75, 3.05) is 6.61 Å². The van der Waals surface area contributed by atoms with Crippen molar-refractivity contribution in [2.24, 2.45) is 0 Å². The first-order chi connectivity index (χ1) is 17.3. The molecule has 0 bridgehead atoms. The van der Waals surface area contributed by atoms with Gasteiger partial charge in [-0.1, -0.05) is 60.7 Å². The van der Waals surface area contributed by atoms with E-state index in [2.05, 4.69) is 0 Å². The molecule has 3 aromatic carbocycles. The summed E-state index contributed by atoms with van der Waals surface area (Å²) in [5.74, 6) is -1.10. The third kappa shape index (κ3) is 4.36. The average molecular weight is 530 g/mol. The maximum atomic E-state index is 15.2. The maximum Gasteiger partial charge on any atom is 0.426 e. The van der Waals surface area contributed by atoms with Gasteiger partial charge in [-0.25, -0.2) is 4.79 Å². The maximum absolute atomic E-state index is 15.2. The molecule has 0 aliphatic rings. The second kappa shape index (κ2) is 10.6. The highest BCUT2D eigenvalue weighted by Gasteiger charge is 2.74. The zero-order valence-electron chi connectivity index (χ0n) is 19.4. The number of alkyl halides is 3. The Kier molecular flexibility index (Phi) is 7.65. The van der Waals surface area contributed by atoms with Crippen molar-refractivity contribution in [3.63, 3.8) is 0 Å². The molecular formula is C28H25F3O3PS+. The highest BCUT2D eigenvalue weighted by Crippen LogP contribution is 2.67. The molecule has 0 amide bonds. The zero-order valence-corrected chi connectivity index (χ0v) is 21.1. The van der Waals surface area contributed by atoms with Crippen molar-refractivity contribution in [1.29, 1.82) is 0 Å². The summed E-state index contributed by atoms with van der Waals surface area (Å²) in [7, 11) is -3.55. The van der Waals surface area contributed by atoms with Gasteiger partial charge in [-0.05, 0) is 54.8 Å². The number of carbonyl (C=O) groups is 1. The quantitative estimate of drug-likeness (QED) is 0.245. The van der Waals surface area contributed by atoms with Gasteiger partial charge in [0.1, 0.15) is 23.2 Å². The molecule has 4 rings (SSSR count). The van der Waals surface area contributed by atoms with Gasteiger partial charge in [-0.15, -0.1) is 11.3 Å². The van der Waals surface area contributed by atoms with E-state index >= 15 is 13.2 Å². The fourth-order valence-corrected chi connectivity index (χ4v) is 10.6. The smallest absolute Gasteiger partial charge is 0.426 e. The van der Waals surface area contributed by atoms with Crippen LogP contribution in [0.2, 0.25) is 0 Å². The number of esters is 1. The number of carbonyl (C=O) groups excluding carboxylic acids is 1. The molecule has 0 radical (unpaired) electrons. The third-order valence-corrected chi connectivity index (χ3v) is 11.8. The first-order valence-corrected chi connectivity index (χ1v) is 14.1. The summed E-state index contributed by atoms with van der Waals surface area (Å²) in [6.07, 6.45) is -5.18. The number of hydrogen-bond acceptors (Lipinski definition) is 4. The van der Waals surface area contributed by atoms with Crippen molar-refractivity contribution in [1.82, 2.24) is 0 Å². The molecule has 0 spiro atoms. The van der Waals surface area contributed by atoms with Crippen molar-refractivity contribution in [3.8, 4) is 0 Å². The lowest BCUT2D eigenvalue weighted by Gasteiger charge is -2.42. The monoisotopic (exact) mass is 529 g/mol. The first kappa shape index (κ1) is 26.1. The number of rotatable bonds is 8. The largest absolute Gasteiger partial charge is 0.463 e. The first-order valence-electron chi connectivity index (χ1n) is 11.3. The average Bonchev–Trinajstić information content (AvgIpc) is 3.43. The molecule has 3 nitrogen and oxygen atoms in total. The van der Waals surface area contributed by atoms with E-state index in [0.29, 0.717) is 15.9 Å². The lowest BCUT2D eigenvalue weighted by molar-refractivity contribution is -0.266. The Morgan fingerprint density at radius 2 is 1.28 bits per heavy atom. The number of benzene rings is 3. The summed E-state index contributed by atoms with van der Waals surface area (Å²) in [6, 6.07) is 28.7. The van der Waals surface area contributed by atoms with Crippen LogP contribution in [0.5, 0.6) is 0 Å². The fraction of sp³-hybridized carbons (Fsp3) is 0.179. The van der Waals surface area contributed by atoms with Gasteiger partial charge in [0.05, 0.1) is 11.5 Å². The zero-order chi connectivity index (χ0) is 25.8. The molecule has 1 aromatic heterocycles. The van der Waals surface area contributed by atoms with Crippen LogP contribution in [0.4, 0.5) is 13.2 Å². The van der Waals surface area contributed by atoms with Crippen LogP contribution in [-0.2, 0) is 15.1 Å². The van der Waals surface area contributed by atoms with E-state index in [-0.39, 0.29) is 11.5 Å². The van der Waals surface area contributed by atoms with Gasteiger partial charge in [0, 0.05) is 0 Å². The van der Waals surface area contributed by atoms with Gasteiger partial charge in [0.2, 0.25) is 11.3 Å². The van der Waals surface area contributed by atoms with E-state index in [9.17, 15) is 9.90 Å². The molecule has 2 unspecified atom stereocenters. The van der Waals surface area contributed by atoms with E-state index in [1.54, 1.807) is 97.9 Å². The summed E-state index contributed by atoms with van der Waals surface area (Å²) >= 11 is 0.762. The van der Waals surface area contributed by atoms with E-state index in [1.807, 2.05) is 0 Å². The number of hydrogen-bond donors (Lipinski definition) is 1. The molecule has 1 heterocycles. The van der Waals surface area contributed by atoms with Crippen molar-refractivity contribution in [2.45, 2.75) is 24.4 Å². The van der Waals surface area contributed by atoms with Gasteiger partial charge in [0.25, 0.3) is 0 Å². The molecule has 4 aromatic rings. The highest BCUT2D eigenvalue weighted by atomic mass is 32.1. The lowest BCUT2D eigenvalue weighted by Crippen LogP contribution is -2.60. The number of thiophene rings is 1. The van der Waals surface area contributed by atoms with Gasteiger partial charge in [-0.2, -0.15) is 13.2 Å². The van der Waals surface area contributed by atoms with Crippen LogP contribution in [0.15, 0.2) is 109 Å². The summed E-state index contributed by atoms with van der Waals surface area (Å²) in [5, 5.41) is 14.9. The molecule has 2 atom stereocenters. The van der Waals surface area contributed by atoms with Crippen molar-refractivity contribution in [3.05, 3.63) is 113 Å². The molecular weight excluding hydrogens is 504 g/mol. The normalized spacial score (nSPS) is 14.6. The van der Waals surface area contributed by atoms with Gasteiger partial charge < -0.3 is 9.84 Å². The minimum absolute atomic E-state index is 0.133. The van der Waals surface area contributed by atoms with Crippen molar-refractivity contribution < 1.29 is 27.8 Å². The molecule has 186 valence electrons. The molecule has 1 N–H and O–H groups in total. The van der Waals surface area contributed by atoms with Crippen LogP contribution in [-0.4, -0.2) is 29.5 Å². The Morgan fingerprint density at radius 3 is 1.61 bits per heavy atom. The predicted octanol–water partition coefficient (Wildman–Crippen LogP) is 5.42. The van der Waals surface area contributed by atoms with Crippen LogP contribution >= 0.6 is 18.6 Å². The van der Waals surface area contributed by atoms with E-state index in [1.165, 1.54) is 17.5 Å². The molecule has 0 aliphatic carbocycles. The predicted molar refractivity (Wildman–Crippen MR) is 140 cm³/mol. The molecule has 8 heteroatoms. The van der Waals surface area contributed by atoms with Gasteiger partial charge in [0.15, 0.2) is 0 Å². The Morgan fingerprint density at radius 1 is 0.833 bits per heavy atom. The van der Waals surface area contributed by atoms with Crippen molar-refractivity contribution >= 4 is 40.5 Å². The molecule has 0 saturated heterocycles. The molecule has 0 aliphatic heterocycles. The topological polar surface area (TPSA) is 46.5 Å². The number of ether oxygens (including phenoxy) is 1. The Balaban J connectivity index is 2.23. The van der Waals surface area contributed by atoms with E-state index < -0.39 is 30.7 Å². The molecule has 0 fully saturated rings. The van der Waals surface area contributed by atoms with Crippen LogP contribution in [0.3, 0.4) is 0 Å². The second-order valence-corrected chi connectivity index (χ2v) is 12.6. The summed E-state index contributed by atoms with van der Waals surface area (Å²) in [4.78, 5) is 13.5. The molecule has 36 heavy (non-hydrogen) atoms. The highest BCUT2D eigenvalue weighted by molar-refractivity contribution is 7.97. The standard InChI is InChI=1S/C28H25F3O3PS/c1-2-34-26(32)25(27(33,28(29,30)31)24-19-12-20-36-24)35(21-13-6-3-7-14-21,22-15-8-4-9-16-22)23-17-10-5-11-18-23/h3-20,25,33H,2H2,1H3/q+1. The summed E-state index contributed by atoms with van der Waals surface area (Å²) in [5.41, 5.74) is -5.52. The SMILES string of the molecule is CCOC(=O)C(C(O)(c1cccs1)C(F)(F)F)[P+](c1ccccc1)(c1ccccc1)c1ccccc1. The van der Waals surface area contributed by atoms with E-state index in [0.717, 1.165) is 11.3 Å². The Bertz CT molecular complexity index is 1170. The Labute approximate surface area is 212 Å². The third-order valence-electron chi connectivity index (χ3n) is 6.11. The fourth-order valence-electron chi connectivity index (χ4n) is 4.64. The number of aliphatic hydroxyl groups is 1. The summed E-state index contributed by atoms with van der Waals surface area (Å²) in [6.45, 7) is 1.41. The number of halogens is 3. The minimum atomic E-state index is -5.18. The Hall–Kier alpha value is -2.99. The van der Waals surface area contributed by atoms with Crippen LogP contribution in [0.1, 0.15) is 11.8 Å². The second-order valence-electron chi connectivity index (χ2n) is 8.13. The van der Waals surface area contributed by atoms with Crippen LogP contribution in [0, 0.1) is 0 Å². The minimum Gasteiger partial charge on any atom is -0.463 e. The summed E-state index contributed by atoms with van der Waals surface area (Å²) < 4.78 is 50.8. The van der Waals surface area contributed by atoms with Crippen LogP contribution < -0.4 is 15.9 Å². The lowest BCUT2D eigenvalue weighted by atomic mass is 9.96. The van der Waals surface area contributed by atoms with E-state index in [4.69, 9.17) is 4.74 Å².